The predicted molar refractivity (Wildman–Crippen MR) is 240 cm³/mol. The Kier molecular flexibility index (Phi) is 41.8. The third-order valence-corrected chi connectivity index (χ3v) is 8.12. The van der Waals surface area contributed by atoms with Crippen molar-refractivity contribution in [3.8, 4) is 17.4 Å². The number of ether oxygens (including phenoxy) is 1. The zero-order valence-corrected chi connectivity index (χ0v) is 37.3. The molecular formula is C43H75N7O5S. The number of carbonyl (C=O) groups excluding carboxylic acids is 2. The van der Waals surface area contributed by atoms with Crippen molar-refractivity contribution < 1.29 is 24.2 Å². The number of carboxylic acid groups (broad SMARTS) is 1. The number of aldehydes is 2. The number of aromatic nitrogens is 4. The molecule has 12 nitrogen and oxygen atoms in total. The number of carbonyl (C=O) groups is 3. The number of nitrogens with two attached hydrogens (primary N) is 1. The molecule has 2 aliphatic rings. The largest absolute Gasteiger partial charge is 0.481 e. The molecule has 5 rings (SSSR count). The van der Waals surface area contributed by atoms with Crippen LogP contribution in [0.3, 0.4) is 0 Å². The maximum Gasteiger partial charge on any atom is 0.307 e. The van der Waals surface area contributed by atoms with Crippen LogP contribution >= 0.6 is 11.3 Å². The van der Waals surface area contributed by atoms with Gasteiger partial charge >= 0.3 is 5.97 Å². The van der Waals surface area contributed by atoms with Crippen LogP contribution in [0.25, 0.3) is 21.7 Å². The van der Waals surface area contributed by atoms with Crippen LogP contribution in [0, 0.1) is 11.8 Å². The van der Waals surface area contributed by atoms with Gasteiger partial charge in [-0.3, -0.25) is 14.4 Å². The number of nitrogens with zero attached hydrogens (tertiary/aromatic N) is 6. The average molecular weight is 802 g/mol. The molecule has 0 bridgehead atoms. The minimum atomic E-state index is -0.663. The van der Waals surface area contributed by atoms with E-state index in [0.29, 0.717) is 23.8 Å². The molecule has 13 heteroatoms. The summed E-state index contributed by atoms with van der Waals surface area (Å²) in [5.41, 5.74) is 7.36. The maximum atomic E-state index is 10.5. The van der Waals surface area contributed by atoms with Gasteiger partial charge in [-0.2, -0.15) is 10.1 Å². The third-order valence-electron chi connectivity index (χ3n) is 7.23. The van der Waals surface area contributed by atoms with Crippen molar-refractivity contribution in [1.82, 2.24) is 24.6 Å². The number of fused-ring (bicyclic) bond motifs is 1. The molecule has 3 unspecified atom stereocenters. The van der Waals surface area contributed by atoms with Crippen LogP contribution in [0.15, 0.2) is 66.3 Å². The first kappa shape index (κ1) is 58.2. The monoisotopic (exact) mass is 802 g/mol. The molecule has 0 spiro atoms. The number of unbranched alkanes of at least 4 members (excludes halogenated alkanes) is 5. The van der Waals surface area contributed by atoms with Crippen molar-refractivity contribution in [2.75, 3.05) is 27.7 Å². The van der Waals surface area contributed by atoms with Crippen LogP contribution in [0.2, 0.25) is 0 Å². The van der Waals surface area contributed by atoms with Crippen LogP contribution in [-0.4, -0.2) is 88.8 Å². The number of likely N-dealkylation sites (tertiary alicyclic amines) is 1. The number of aliphatic carboxylic acids is 1. The molecule has 3 aromatic rings. The molecule has 4 heterocycles. The smallest absolute Gasteiger partial charge is 0.307 e. The number of thiophene rings is 1. The van der Waals surface area contributed by atoms with E-state index in [1.807, 2.05) is 79.2 Å². The summed E-state index contributed by atoms with van der Waals surface area (Å²) in [5.74, 6) is 0.744. The number of likely N-dealkylation sites (N-methyl/N-ethyl adjacent to an activating group) is 1. The highest BCUT2D eigenvalue weighted by atomic mass is 32.1. The van der Waals surface area contributed by atoms with Gasteiger partial charge in [-0.25, -0.2) is 4.98 Å². The number of rotatable bonds is 12. The molecule has 3 atom stereocenters. The number of allylic oxidation sites excluding steroid dienone is 3. The zero-order chi connectivity index (χ0) is 43.9. The van der Waals surface area contributed by atoms with Crippen LogP contribution in [0.5, 0.6) is 5.88 Å². The normalized spacial score (nSPS) is 15.5. The van der Waals surface area contributed by atoms with E-state index >= 15 is 0 Å². The van der Waals surface area contributed by atoms with Crippen LogP contribution in [0.1, 0.15) is 106 Å². The van der Waals surface area contributed by atoms with Crippen molar-refractivity contribution in [2.24, 2.45) is 29.6 Å². The van der Waals surface area contributed by atoms with Crippen molar-refractivity contribution in [1.29, 1.82) is 0 Å². The fourth-order valence-electron chi connectivity index (χ4n) is 4.62. The fraction of sp³-hybridized carbons (Fsp3) is 0.558. The molecule has 2 fully saturated rings. The summed E-state index contributed by atoms with van der Waals surface area (Å²) in [5, 5.41) is 14.8. The molecule has 1 saturated heterocycles. The quantitative estimate of drug-likeness (QED) is 0.0779. The van der Waals surface area contributed by atoms with Gasteiger partial charge in [0, 0.05) is 26.7 Å². The Morgan fingerprint density at radius 1 is 1.05 bits per heavy atom. The van der Waals surface area contributed by atoms with Gasteiger partial charge in [0.05, 0.1) is 24.6 Å². The second kappa shape index (κ2) is 40.2. The Morgan fingerprint density at radius 3 is 2.04 bits per heavy atom. The van der Waals surface area contributed by atoms with Gasteiger partial charge < -0.3 is 30.2 Å². The number of aliphatic imine (C=N–C) groups is 1. The van der Waals surface area contributed by atoms with Crippen molar-refractivity contribution in [3.05, 3.63) is 61.3 Å². The summed E-state index contributed by atoms with van der Waals surface area (Å²) in [6.07, 6.45) is 17.1. The summed E-state index contributed by atoms with van der Waals surface area (Å²) >= 11 is 1.58. The number of methoxy groups -OCH3 is 1. The molecule has 0 radical (unpaired) electrons. The Morgan fingerprint density at radius 2 is 1.62 bits per heavy atom. The van der Waals surface area contributed by atoms with Crippen LogP contribution < -0.4 is 10.5 Å². The number of hydrogen-bond donors (Lipinski definition) is 2. The highest BCUT2D eigenvalue weighted by molar-refractivity contribution is 7.17. The summed E-state index contributed by atoms with van der Waals surface area (Å²) in [7, 11) is 7.11. The molecule has 56 heavy (non-hydrogen) atoms. The van der Waals surface area contributed by atoms with E-state index < -0.39 is 5.97 Å². The highest BCUT2D eigenvalue weighted by Crippen LogP contribution is 2.39. The molecule has 3 aromatic heterocycles. The van der Waals surface area contributed by atoms with E-state index in [4.69, 9.17) is 15.6 Å². The predicted octanol–water partition coefficient (Wildman–Crippen LogP) is 9.86. The molecule has 1 aliphatic carbocycles. The Balaban J connectivity index is -0.000000318. The molecular weight excluding hydrogens is 727 g/mol. The number of aryl methyl sites for hydroxylation is 1. The summed E-state index contributed by atoms with van der Waals surface area (Å²) < 4.78 is 8.01. The summed E-state index contributed by atoms with van der Waals surface area (Å²) in [6, 6.07) is 4.06. The molecule has 1 aliphatic heterocycles. The van der Waals surface area contributed by atoms with Gasteiger partial charge in [-0.05, 0) is 94.9 Å². The van der Waals surface area contributed by atoms with Gasteiger partial charge in [-0.1, -0.05) is 73.1 Å². The lowest BCUT2D eigenvalue weighted by molar-refractivity contribution is -0.138. The Hall–Kier alpha value is -4.49. The second-order valence-corrected chi connectivity index (χ2v) is 12.4. The van der Waals surface area contributed by atoms with E-state index in [1.54, 1.807) is 43.3 Å². The van der Waals surface area contributed by atoms with E-state index in [0.717, 1.165) is 80.0 Å². The lowest BCUT2D eigenvalue weighted by Crippen LogP contribution is -2.25. The van der Waals surface area contributed by atoms with Crippen molar-refractivity contribution in [3.63, 3.8) is 0 Å². The fourth-order valence-corrected chi connectivity index (χ4v) is 5.41. The lowest BCUT2D eigenvalue weighted by atomic mass is 10.1. The zero-order valence-electron chi connectivity index (χ0n) is 36.5. The van der Waals surface area contributed by atoms with E-state index in [-0.39, 0.29) is 17.9 Å². The Bertz CT molecular complexity index is 1450. The van der Waals surface area contributed by atoms with Gasteiger partial charge in [0.15, 0.2) is 5.82 Å². The van der Waals surface area contributed by atoms with Crippen molar-refractivity contribution >= 4 is 46.8 Å². The third kappa shape index (κ3) is 27.1. The molecule has 1 saturated carbocycles. The standard InChI is InChI=1S/C13H20O3.C11H10N4OS.C6H11NO.C3H7N.C2H5N.3C2H6.C2H4/c14-9-7-5-3-1-2-4-6-8-11-10-12(11)13(15)16;1-15-8(3-5-12-15)10-13-7-4-6-17-9(7)11(14-10)16-2;1-7-4-2-3-6(7)5-8;1-3(2)4;1-3-2;4*1-2/h6,8-9,11-12H,1-5,7,10H2,(H,15,16);3-6H,1-2H3;5-6H,2-4H2,1H3;1,4H2,2H3;1H2,2H3;3*1-2H3;1-2H2/b8-6-;;;;;;;;. The van der Waals surface area contributed by atoms with E-state index in [9.17, 15) is 14.4 Å². The highest BCUT2D eigenvalue weighted by Gasteiger charge is 2.40. The SMILES string of the molecule is C=C.C=C(C)N.C=NC.CC.CC.CC.CN1CCCC1C=O.COc1nc(-c2ccnn2C)nc2ccsc12.O=CCCCCCC/C=C\C1CC1C(=O)O. The van der Waals surface area contributed by atoms with Gasteiger partial charge in [0.1, 0.15) is 23.0 Å². The second-order valence-electron chi connectivity index (χ2n) is 11.5. The van der Waals surface area contributed by atoms with Gasteiger partial charge in [-0.15, -0.1) is 24.5 Å². The summed E-state index contributed by atoms with van der Waals surface area (Å²) in [6.45, 7) is 27.3. The lowest BCUT2D eigenvalue weighted by Gasteiger charge is -2.10. The van der Waals surface area contributed by atoms with E-state index in [2.05, 4.69) is 57.5 Å². The Labute approximate surface area is 343 Å². The molecule has 0 aromatic carbocycles. The first-order valence-electron chi connectivity index (χ1n) is 19.6. The summed E-state index contributed by atoms with van der Waals surface area (Å²) in [4.78, 5) is 45.0. The molecule has 318 valence electrons. The first-order chi connectivity index (χ1) is 27.0. The van der Waals surface area contributed by atoms with Crippen molar-refractivity contribution in [2.45, 2.75) is 112 Å². The average Bonchev–Trinajstić information content (AvgIpc) is 3.46. The maximum absolute atomic E-state index is 10.5. The topological polar surface area (TPSA) is 166 Å². The van der Waals surface area contributed by atoms with Gasteiger partial charge in [0.25, 0.3) is 0 Å². The van der Waals surface area contributed by atoms with Crippen LogP contribution in [-0.2, 0) is 21.4 Å². The van der Waals surface area contributed by atoms with E-state index in [1.165, 1.54) is 6.42 Å². The van der Waals surface area contributed by atoms with Crippen LogP contribution in [0.4, 0.5) is 0 Å². The minimum Gasteiger partial charge on any atom is -0.481 e. The molecule has 3 N–H and O–H groups in total. The first-order valence-corrected chi connectivity index (χ1v) is 20.4. The number of hydrogen-bond acceptors (Lipinski definition) is 11. The van der Waals surface area contributed by atoms with Gasteiger partial charge in [0.2, 0.25) is 5.88 Å². The minimum absolute atomic E-state index is 0.121. The molecule has 0 amide bonds. The number of carboxylic acids is 1.